The number of hydrogen-bond acceptors (Lipinski definition) is 4. The van der Waals surface area contributed by atoms with E-state index in [1.165, 1.54) is 12.7 Å². The molecule has 0 aliphatic rings. The second-order valence-electron chi connectivity index (χ2n) is 6.84. The highest BCUT2D eigenvalue weighted by Crippen LogP contribution is 2.23. The van der Waals surface area contributed by atoms with Crippen molar-refractivity contribution in [2.45, 2.75) is 6.92 Å². The quantitative estimate of drug-likeness (QED) is 0.478. The molecule has 0 radical (unpaired) electrons. The van der Waals surface area contributed by atoms with Gasteiger partial charge >= 0.3 is 0 Å². The lowest BCUT2D eigenvalue weighted by Gasteiger charge is -2.11. The molecule has 2 N–H and O–H groups in total. The Labute approximate surface area is 183 Å². The van der Waals surface area contributed by atoms with Crippen LogP contribution in [0.15, 0.2) is 79.4 Å². The molecule has 0 saturated heterocycles. The molecule has 0 fully saturated rings. The molecular formula is C23H18ClN5O2. The van der Waals surface area contributed by atoms with Gasteiger partial charge in [-0.15, -0.1) is 10.2 Å². The van der Waals surface area contributed by atoms with Gasteiger partial charge in [-0.3, -0.25) is 14.2 Å². The maximum Gasteiger partial charge on any atom is 0.257 e. The zero-order valence-corrected chi connectivity index (χ0v) is 17.3. The molecule has 0 unspecified atom stereocenters. The van der Waals surface area contributed by atoms with Crippen LogP contribution in [0, 0.1) is 6.92 Å². The summed E-state index contributed by atoms with van der Waals surface area (Å²) in [6, 6.07) is 19.3. The van der Waals surface area contributed by atoms with Gasteiger partial charge < -0.3 is 10.6 Å². The summed E-state index contributed by atoms with van der Waals surface area (Å²) in [7, 11) is 0. The van der Waals surface area contributed by atoms with Gasteiger partial charge in [0.2, 0.25) is 0 Å². The summed E-state index contributed by atoms with van der Waals surface area (Å²) in [5, 5.41) is 13.5. The number of nitrogens with one attached hydrogen (secondary N) is 2. The van der Waals surface area contributed by atoms with Crippen LogP contribution < -0.4 is 10.6 Å². The van der Waals surface area contributed by atoms with E-state index in [2.05, 4.69) is 20.8 Å². The summed E-state index contributed by atoms with van der Waals surface area (Å²) in [5.41, 5.74) is 3.58. The summed E-state index contributed by atoms with van der Waals surface area (Å²) in [6.07, 6.45) is 3.07. The lowest BCUT2D eigenvalue weighted by molar-refractivity contribution is 0.101. The molecule has 1 aromatic heterocycles. The van der Waals surface area contributed by atoms with E-state index in [1.54, 1.807) is 53.1 Å². The molecule has 0 aliphatic carbocycles. The van der Waals surface area contributed by atoms with Crippen LogP contribution in [-0.4, -0.2) is 26.6 Å². The van der Waals surface area contributed by atoms with Gasteiger partial charge in [0.05, 0.1) is 10.6 Å². The number of benzene rings is 3. The van der Waals surface area contributed by atoms with Gasteiger partial charge in [-0.05, 0) is 55.0 Å². The van der Waals surface area contributed by atoms with Crippen molar-refractivity contribution in [1.29, 1.82) is 0 Å². The maximum atomic E-state index is 12.8. The molecule has 0 bridgehead atoms. The van der Waals surface area contributed by atoms with Crippen LogP contribution in [0.2, 0.25) is 5.02 Å². The van der Waals surface area contributed by atoms with E-state index in [0.29, 0.717) is 33.2 Å². The number of carbonyl (C=O) groups is 2. The number of hydrogen-bond donors (Lipinski definition) is 2. The minimum absolute atomic E-state index is 0.216. The van der Waals surface area contributed by atoms with Gasteiger partial charge in [0.15, 0.2) is 0 Å². The average molecular weight is 432 g/mol. The van der Waals surface area contributed by atoms with Crippen molar-refractivity contribution in [3.05, 3.63) is 101 Å². The van der Waals surface area contributed by atoms with Crippen LogP contribution in [-0.2, 0) is 0 Å². The molecular weight excluding hydrogens is 414 g/mol. The van der Waals surface area contributed by atoms with E-state index in [0.717, 1.165) is 5.56 Å². The summed E-state index contributed by atoms with van der Waals surface area (Å²) < 4.78 is 1.68. The van der Waals surface area contributed by atoms with E-state index >= 15 is 0 Å². The van der Waals surface area contributed by atoms with Gasteiger partial charge in [-0.2, -0.15) is 0 Å². The third-order valence-electron chi connectivity index (χ3n) is 4.68. The number of anilines is 2. The SMILES string of the molecule is Cc1ccccc1C(=O)Nc1cccc(NC(=O)c2cc(-n3cnnc3)ccc2Cl)c1. The molecule has 0 aliphatic heterocycles. The number of aryl methyl sites for hydroxylation is 1. The first kappa shape index (κ1) is 20.3. The standard InChI is InChI=1S/C23H18ClN5O2/c1-15-5-2-3-8-19(15)22(30)27-16-6-4-7-17(11-16)28-23(31)20-12-18(9-10-21(20)24)29-13-25-26-14-29/h2-14H,1H3,(H,27,30)(H,28,31). The predicted molar refractivity (Wildman–Crippen MR) is 120 cm³/mol. The minimum Gasteiger partial charge on any atom is -0.322 e. The number of nitrogens with zero attached hydrogens (tertiary/aromatic N) is 3. The molecule has 7 nitrogen and oxygen atoms in total. The van der Waals surface area contributed by atoms with Gasteiger partial charge in [-0.25, -0.2) is 0 Å². The Bertz CT molecular complexity index is 1250. The van der Waals surface area contributed by atoms with Crippen molar-refractivity contribution in [3.63, 3.8) is 0 Å². The van der Waals surface area contributed by atoms with Crippen molar-refractivity contribution < 1.29 is 9.59 Å². The number of rotatable bonds is 5. The fraction of sp³-hybridized carbons (Fsp3) is 0.0435. The highest BCUT2D eigenvalue weighted by molar-refractivity contribution is 6.34. The first-order valence-electron chi connectivity index (χ1n) is 9.44. The Morgan fingerprint density at radius 3 is 2.13 bits per heavy atom. The first-order valence-corrected chi connectivity index (χ1v) is 9.82. The Balaban J connectivity index is 1.52. The smallest absolute Gasteiger partial charge is 0.257 e. The summed E-state index contributed by atoms with van der Waals surface area (Å²) >= 11 is 6.24. The fourth-order valence-corrected chi connectivity index (χ4v) is 3.28. The first-order chi connectivity index (χ1) is 15.0. The summed E-state index contributed by atoms with van der Waals surface area (Å²) in [6.45, 7) is 1.88. The largest absolute Gasteiger partial charge is 0.322 e. The molecule has 3 aromatic carbocycles. The Morgan fingerprint density at radius 2 is 1.45 bits per heavy atom. The van der Waals surface area contributed by atoms with E-state index in [4.69, 9.17) is 11.6 Å². The predicted octanol–water partition coefficient (Wildman–Crippen LogP) is 4.73. The Hall–Kier alpha value is -3.97. The Kier molecular flexibility index (Phi) is 5.77. The fourth-order valence-electron chi connectivity index (χ4n) is 3.08. The third-order valence-corrected chi connectivity index (χ3v) is 5.01. The van der Waals surface area contributed by atoms with Crippen LogP contribution in [0.1, 0.15) is 26.3 Å². The monoisotopic (exact) mass is 431 g/mol. The zero-order chi connectivity index (χ0) is 21.8. The summed E-state index contributed by atoms with van der Waals surface area (Å²) in [5.74, 6) is -0.589. The van der Waals surface area contributed by atoms with Gasteiger partial charge in [0.1, 0.15) is 12.7 Å². The average Bonchev–Trinajstić information content (AvgIpc) is 3.29. The van der Waals surface area contributed by atoms with Crippen molar-refractivity contribution in [3.8, 4) is 5.69 Å². The maximum absolute atomic E-state index is 12.8. The lowest BCUT2D eigenvalue weighted by Crippen LogP contribution is -2.15. The van der Waals surface area contributed by atoms with Crippen LogP contribution in [0.25, 0.3) is 5.69 Å². The van der Waals surface area contributed by atoms with Crippen molar-refractivity contribution in [1.82, 2.24) is 14.8 Å². The minimum atomic E-state index is -0.373. The molecule has 2 amide bonds. The second-order valence-corrected chi connectivity index (χ2v) is 7.24. The topological polar surface area (TPSA) is 88.9 Å². The highest BCUT2D eigenvalue weighted by atomic mass is 35.5. The van der Waals surface area contributed by atoms with Gasteiger partial charge in [-0.1, -0.05) is 35.9 Å². The normalized spacial score (nSPS) is 10.5. The van der Waals surface area contributed by atoms with Crippen LogP contribution in [0.3, 0.4) is 0 Å². The molecule has 0 atom stereocenters. The molecule has 0 saturated carbocycles. The van der Waals surface area contributed by atoms with Crippen LogP contribution >= 0.6 is 11.6 Å². The molecule has 0 spiro atoms. The number of aromatic nitrogens is 3. The third kappa shape index (κ3) is 4.62. The van der Waals surface area contributed by atoms with E-state index in [9.17, 15) is 9.59 Å². The summed E-state index contributed by atoms with van der Waals surface area (Å²) in [4.78, 5) is 25.4. The lowest BCUT2D eigenvalue weighted by atomic mass is 10.1. The number of amides is 2. The van der Waals surface area contributed by atoms with Crippen molar-refractivity contribution >= 4 is 34.8 Å². The molecule has 31 heavy (non-hydrogen) atoms. The second kappa shape index (κ2) is 8.81. The molecule has 4 rings (SSSR count). The van der Waals surface area contributed by atoms with Crippen molar-refractivity contribution in [2.24, 2.45) is 0 Å². The number of carbonyl (C=O) groups excluding carboxylic acids is 2. The van der Waals surface area contributed by atoms with E-state index < -0.39 is 0 Å². The highest BCUT2D eigenvalue weighted by Gasteiger charge is 2.14. The zero-order valence-electron chi connectivity index (χ0n) is 16.5. The van der Waals surface area contributed by atoms with Crippen molar-refractivity contribution in [2.75, 3.05) is 10.6 Å². The van der Waals surface area contributed by atoms with Gasteiger partial charge in [0, 0.05) is 22.6 Å². The van der Waals surface area contributed by atoms with E-state index in [-0.39, 0.29) is 11.8 Å². The number of halogens is 1. The molecule has 8 heteroatoms. The van der Waals surface area contributed by atoms with Gasteiger partial charge in [0.25, 0.3) is 11.8 Å². The van der Waals surface area contributed by atoms with Crippen LogP contribution in [0.5, 0.6) is 0 Å². The molecule has 4 aromatic rings. The Morgan fingerprint density at radius 1 is 0.806 bits per heavy atom. The van der Waals surface area contributed by atoms with Crippen LogP contribution in [0.4, 0.5) is 11.4 Å². The van der Waals surface area contributed by atoms with E-state index in [1.807, 2.05) is 25.1 Å². The molecule has 154 valence electrons. The molecule has 1 heterocycles.